The fourth-order valence-electron chi connectivity index (χ4n) is 4.48. The molecule has 5 aromatic rings. The highest BCUT2D eigenvalue weighted by Gasteiger charge is 2.22. The Hall–Kier alpha value is -3.58. The van der Waals surface area contributed by atoms with E-state index in [9.17, 15) is 0 Å². The maximum absolute atomic E-state index is 6.21. The molecule has 1 heteroatoms. The van der Waals surface area contributed by atoms with E-state index in [-0.39, 0.29) is 0 Å². The number of hydrogen-bond donors (Lipinski definition) is 0. The molecule has 1 nitrogen and oxygen atoms in total. The van der Waals surface area contributed by atoms with Crippen molar-refractivity contribution < 1.29 is 4.74 Å². The molecule has 0 fully saturated rings. The minimum Gasteiger partial charge on any atom is -0.488 e. The third-order valence-electron chi connectivity index (χ3n) is 5.79. The number of fused-ring (bicyclic) bond motifs is 7. The minimum absolute atomic E-state index is 0.607. The predicted molar refractivity (Wildman–Crippen MR) is 117 cm³/mol. The van der Waals surface area contributed by atoms with Crippen molar-refractivity contribution in [1.29, 1.82) is 0 Å². The molecule has 132 valence electrons. The first-order valence-corrected chi connectivity index (χ1v) is 9.65. The van der Waals surface area contributed by atoms with E-state index in [0.717, 1.165) is 5.75 Å². The van der Waals surface area contributed by atoms with E-state index < -0.39 is 0 Å². The molecule has 0 radical (unpaired) electrons. The average Bonchev–Trinajstić information content (AvgIpc) is 2.78. The summed E-state index contributed by atoms with van der Waals surface area (Å²) in [6.07, 6.45) is 0. The van der Waals surface area contributed by atoms with Gasteiger partial charge in [-0.25, -0.2) is 0 Å². The van der Waals surface area contributed by atoms with Gasteiger partial charge in [-0.15, -0.1) is 0 Å². The summed E-state index contributed by atoms with van der Waals surface area (Å²) >= 11 is 0. The predicted octanol–water partition coefficient (Wildman–Crippen LogP) is 7.22. The van der Waals surface area contributed by atoms with Gasteiger partial charge in [-0.1, -0.05) is 91.0 Å². The van der Waals surface area contributed by atoms with E-state index in [2.05, 4.69) is 97.1 Å². The first-order chi connectivity index (χ1) is 13.9. The minimum atomic E-state index is 0.607. The Kier molecular flexibility index (Phi) is 3.30. The summed E-state index contributed by atoms with van der Waals surface area (Å²) in [5, 5.41) is 5.05. The second kappa shape index (κ2) is 5.97. The smallest absolute Gasteiger partial charge is 0.128 e. The lowest BCUT2D eigenvalue weighted by molar-refractivity contribution is 0.304. The third kappa shape index (κ3) is 2.20. The molecule has 0 aromatic heterocycles. The second-order valence-electron chi connectivity index (χ2n) is 7.31. The fourth-order valence-corrected chi connectivity index (χ4v) is 4.48. The zero-order valence-electron chi connectivity index (χ0n) is 15.4. The molecule has 0 atom stereocenters. The van der Waals surface area contributed by atoms with Crippen molar-refractivity contribution >= 4 is 21.5 Å². The van der Waals surface area contributed by atoms with Gasteiger partial charge < -0.3 is 4.74 Å². The lowest BCUT2D eigenvalue weighted by Crippen LogP contribution is -2.06. The van der Waals surface area contributed by atoms with Gasteiger partial charge in [-0.2, -0.15) is 0 Å². The number of benzene rings is 5. The lowest BCUT2D eigenvalue weighted by atomic mass is 9.87. The quantitative estimate of drug-likeness (QED) is 0.307. The number of rotatable bonds is 1. The molecule has 0 aliphatic carbocycles. The van der Waals surface area contributed by atoms with Crippen LogP contribution < -0.4 is 4.74 Å². The maximum Gasteiger partial charge on any atom is 0.128 e. The highest BCUT2D eigenvalue weighted by atomic mass is 16.5. The standard InChI is InChI=1S/C27H18O/c1-2-7-18(8-3-1)20-11-6-12-22-23(20)14-15-24-25(22)17-28-26-16-13-19-9-4-5-10-21(19)27(24)26/h1-16H,17H2. The molecular formula is C27H18O. The van der Waals surface area contributed by atoms with Gasteiger partial charge >= 0.3 is 0 Å². The van der Waals surface area contributed by atoms with Gasteiger partial charge in [0.25, 0.3) is 0 Å². The van der Waals surface area contributed by atoms with Crippen LogP contribution in [0.5, 0.6) is 5.75 Å². The average molecular weight is 358 g/mol. The van der Waals surface area contributed by atoms with Crippen molar-refractivity contribution in [3.05, 3.63) is 103 Å². The van der Waals surface area contributed by atoms with E-state index >= 15 is 0 Å². The molecule has 0 saturated heterocycles. The Morgan fingerprint density at radius 1 is 0.536 bits per heavy atom. The molecule has 1 heterocycles. The van der Waals surface area contributed by atoms with Gasteiger partial charge in [0, 0.05) is 11.1 Å². The molecule has 0 saturated carbocycles. The highest BCUT2D eigenvalue weighted by Crippen LogP contribution is 2.45. The van der Waals surface area contributed by atoms with E-state index in [1.807, 2.05) is 0 Å². The van der Waals surface area contributed by atoms with Crippen LogP contribution in [0.3, 0.4) is 0 Å². The summed E-state index contributed by atoms with van der Waals surface area (Å²) in [6, 6.07) is 34.5. The van der Waals surface area contributed by atoms with Crippen LogP contribution in [0.4, 0.5) is 0 Å². The van der Waals surface area contributed by atoms with Crippen LogP contribution in [0, 0.1) is 0 Å². The van der Waals surface area contributed by atoms with Crippen LogP contribution >= 0.6 is 0 Å². The lowest BCUT2D eigenvalue weighted by Gasteiger charge is -2.24. The van der Waals surface area contributed by atoms with Crippen molar-refractivity contribution in [1.82, 2.24) is 0 Å². The molecular weight excluding hydrogens is 340 g/mol. The summed E-state index contributed by atoms with van der Waals surface area (Å²) in [5.74, 6) is 0.977. The van der Waals surface area contributed by atoms with E-state index in [4.69, 9.17) is 4.74 Å². The van der Waals surface area contributed by atoms with Gasteiger partial charge in [-0.3, -0.25) is 0 Å². The SMILES string of the molecule is c1ccc(-c2cccc3c4c(ccc23)-c2c(ccc3ccccc23)OC4)cc1. The Bertz CT molecular complexity index is 1350. The van der Waals surface area contributed by atoms with Crippen LogP contribution in [0.25, 0.3) is 43.8 Å². The third-order valence-corrected chi connectivity index (χ3v) is 5.79. The molecule has 5 aromatic carbocycles. The van der Waals surface area contributed by atoms with Crippen LogP contribution in [0.2, 0.25) is 0 Å². The van der Waals surface area contributed by atoms with E-state index in [0.29, 0.717) is 6.61 Å². The second-order valence-corrected chi connectivity index (χ2v) is 7.31. The molecule has 6 rings (SSSR count). The summed E-state index contributed by atoms with van der Waals surface area (Å²) in [6.45, 7) is 0.607. The van der Waals surface area contributed by atoms with E-state index in [1.54, 1.807) is 0 Å². The molecule has 0 N–H and O–H groups in total. The van der Waals surface area contributed by atoms with Gasteiger partial charge in [0.15, 0.2) is 0 Å². The molecule has 1 aliphatic rings. The normalized spacial score (nSPS) is 12.4. The maximum atomic E-state index is 6.21. The number of hydrogen-bond acceptors (Lipinski definition) is 1. The van der Waals surface area contributed by atoms with Crippen molar-refractivity contribution in [3.8, 4) is 28.0 Å². The van der Waals surface area contributed by atoms with Crippen LogP contribution in [0.15, 0.2) is 97.1 Å². The van der Waals surface area contributed by atoms with Crippen LogP contribution in [-0.4, -0.2) is 0 Å². The zero-order valence-corrected chi connectivity index (χ0v) is 15.4. The Labute approximate surface area is 163 Å². The van der Waals surface area contributed by atoms with Gasteiger partial charge in [-0.05, 0) is 44.3 Å². The molecule has 0 bridgehead atoms. The van der Waals surface area contributed by atoms with Crippen molar-refractivity contribution in [2.75, 3.05) is 0 Å². The number of ether oxygens (including phenoxy) is 1. The first kappa shape index (κ1) is 15.5. The fraction of sp³-hybridized carbons (Fsp3) is 0.0370. The zero-order chi connectivity index (χ0) is 18.5. The molecule has 0 unspecified atom stereocenters. The molecule has 1 aliphatic heterocycles. The monoisotopic (exact) mass is 358 g/mol. The van der Waals surface area contributed by atoms with Gasteiger partial charge in [0.2, 0.25) is 0 Å². The largest absolute Gasteiger partial charge is 0.488 e. The van der Waals surface area contributed by atoms with Crippen molar-refractivity contribution in [2.45, 2.75) is 6.61 Å². The van der Waals surface area contributed by atoms with E-state index in [1.165, 1.54) is 49.4 Å². The first-order valence-electron chi connectivity index (χ1n) is 9.65. The Morgan fingerprint density at radius 2 is 1.36 bits per heavy atom. The molecule has 0 amide bonds. The van der Waals surface area contributed by atoms with Gasteiger partial charge in [0.05, 0.1) is 0 Å². The van der Waals surface area contributed by atoms with Crippen LogP contribution in [0.1, 0.15) is 5.56 Å². The van der Waals surface area contributed by atoms with Gasteiger partial charge in [0.1, 0.15) is 12.4 Å². The van der Waals surface area contributed by atoms with Crippen LogP contribution in [-0.2, 0) is 6.61 Å². The Balaban J connectivity index is 1.67. The Morgan fingerprint density at radius 3 is 2.29 bits per heavy atom. The molecule has 0 spiro atoms. The highest BCUT2D eigenvalue weighted by molar-refractivity contribution is 6.06. The summed E-state index contributed by atoms with van der Waals surface area (Å²) in [5.41, 5.74) is 6.29. The summed E-state index contributed by atoms with van der Waals surface area (Å²) in [4.78, 5) is 0. The molecule has 28 heavy (non-hydrogen) atoms. The summed E-state index contributed by atoms with van der Waals surface area (Å²) in [7, 11) is 0. The van der Waals surface area contributed by atoms with Crippen molar-refractivity contribution in [2.24, 2.45) is 0 Å². The van der Waals surface area contributed by atoms with Crippen molar-refractivity contribution in [3.63, 3.8) is 0 Å². The summed E-state index contributed by atoms with van der Waals surface area (Å²) < 4.78 is 6.21. The topological polar surface area (TPSA) is 9.23 Å².